The summed E-state index contributed by atoms with van der Waals surface area (Å²) in [6, 6.07) is 6.50. The molecule has 1 aliphatic carbocycles. The van der Waals surface area contributed by atoms with Gasteiger partial charge < -0.3 is 25.0 Å². The van der Waals surface area contributed by atoms with Gasteiger partial charge in [0.2, 0.25) is 17.7 Å². The van der Waals surface area contributed by atoms with Crippen LogP contribution in [0.4, 0.5) is 5.69 Å². The molecule has 2 bridgehead atoms. The average Bonchev–Trinajstić information content (AvgIpc) is 3.52. The molecule has 1 aromatic carbocycles. The van der Waals surface area contributed by atoms with E-state index in [2.05, 4.69) is 31.4 Å². The minimum Gasteiger partial charge on any atom is -0.494 e. The third-order valence-electron chi connectivity index (χ3n) is 8.74. The van der Waals surface area contributed by atoms with Gasteiger partial charge in [-0.3, -0.25) is 14.4 Å². The van der Waals surface area contributed by atoms with Crippen LogP contribution in [0.1, 0.15) is 59.8 Å². The fraction of sp³-hybridized carbons (Fsp3) is 0.633. The monoisotopic (exact) mass is 523 g/mol. The second kappa shape index (κ2) is 10.7. The summed E-state index contributed by atoms with van der Waals surface area (Å²) in [5.41, 5.74) is -0.497. The summed E-state index contributed by atoms with van der Waals surface area (Å²) in [6.45, 7) is 9.33. The van der Waals surface area contributed by atoms with E-state index in [4.69, 9.17) is 9.47 Å². The third-order valence-corrected chi connectivity index (χ3v) is 8.74. The molecule has 0 unspecified atom stereocenters. The SMILES string of the molecule is CCOc1ccc(NC(=O)[C@@H]2[C@@H]3C=C[C@]4(O3)[C@@H]2C(=O)N(CCC(C)C)[C@H]4C(=O)N[C@H]2CCCC[C@H]2C)cc1. The molecule has 7 atom stereocenters. The molecule has 8 heteroatoms. The topological polar surface area (TPSA) is 97.0 Å². The van der Waals surface area contributed by atoms with Crippen molar-refractivity contribution in [2.24, 2.45) is 23.7 Å². The van der Waals surface area contributed by atoms with Crippen LogP contribution in [0.15, 0.2) is 36.4 Å². The zero-order chi connectivity index (χ0) is 27.0. The number of likely N-dealkylation sites (tertiary alicyclic amines) is 1. The number of fused-ring (bicyclic) bond motifs is 1. The van der Waals surface area contributed by atoms with Gasteiger partial charge in [-0.15, -0.1) is 0 Å². The molecule has 8 nitrogen and oxygen atoms in total. The van der Waals surface area contributed by atoms with Crippen molar-refractivity contribution in [2.75, 3.05) is 18.5 Å². The molecule has 4 aliphatic rings. The van der Waals surface area contributed by atoms with Crippen molar-refractivity contribution in [3.8, 4) is 5.75 Å². The van der Waals surface area contributed by atoms with Crippen molar-refractivity contribution in [2.45, 2.75) is 83.6 Å². The third kappa shape index (κ3) is 4.72. The van der Waals surface area contributed by atoms with E-state index < -0.39 is 29.6 Å². The molecule has 5 rings (SSSR count). The second-order valence-electron chi connectivity index (χ2n) is 11.7. The highest BCUT2D eigenvalue weighted by Crippen LogP contribution is 2.55. The largest absolute Gasteiger partial charge is 0.494 e. The Balaban J connectivity index is 1.40. The van der Waals surface area contributed by atoms with Crippen LogP contribution in [-0.2, 0) is 19.1 Å². The summed E-state index contributed by atoms with van der Waals surface area (Å²) in [4.78, 5) is 43.2. The van der Waals surface area contributed by atoms with Crippen LogP contribution in [0.2, 0.25) is 0 Å². The number of nitrogens with zero attached hydrogens (tertiary/aromatic N) is 1. The van der Waals surface area contributed by atoms with Crippen LogP contribution in [0.25, 0.3) is 0 Å². The number of rotatable bonds is 9. The van der Waals surface area contributed by atoms with Gasteiger partial charge in [-0.1, -0.05) is 45.8 Å². The number of amides is 3. The molecule has 3 fully saturated rings. The molecule has 0 radical (unpaired) electrons. The first-order valence-electron chi connectivity index (χ1n) is 14.3. The molecule has 38 heavy (non-hydrogen) atoms. The molecule has 2 N–H and O–H groups in total. The van der Waals surface area contributed by atoms with Crippen LogP contribution in [-0.4, -0.2) is 59.6 Å². The van der Waals surface area contributed by atoms with Crippen LogP contribution in [0, 0.1) is 23.7 Å². The lowest BCUT2D eigenvalue weighted by molar-refractivity contribution is -0.141. The summed E-state index contributed by atoms with van der Waals surface area (Å²) in [5, 5.41) is 6.25. The van der Waals surface area contributed by atoms with E-state index in [1.54, 1.807) is 29.2 Å². The summed E-state index contributed by atoms with van der Waals surface area (Å²) < 4.78 is 11.9. The summed E-state index contributed by atoms with van der Waals surface area (Å²) >= 11 is 0. The predicted octanol–water partition coefficient (Wildman–Crippen LogP) is 3.92. The maximum Gasteiger partial charge on any atom is 0.246 e. The molecule has 1 aromatic rings. The molecule has 3 amide bonds. The molecule has 0 aromatic heterocycles. The van der Waals surface area contributed by atoms with Gasteiger partial charge in [0.05, 0.1) is 24.5 Å². The van der Waals surface area contributed by atoms with Gasteiger partial charge in [0, 0.05) is 18.3 Å². The van der Waals surface area contributed by atoms with Crippen LogP contribution in [0.5, 0.6) is 5.75 Å². The first-order chi connectivity index (χ1) is 18.2. The van der Waals surface area contributed by atoms with Crippen molar-refractivity contribution >= 4 is 23.4 Å². The van der Waals surface area contributed by atoms with Crippen molar-refractivity contribution < 1.29 is 23.9 Å². The van der Waals surface area contributed by atoms with Gasteiger partial charge in [-0.25, -0.2) is 0 Å². The van der Waals surface area contributed by atoms with E-state index in [-0.39, 0.29) is 23.8 Å². The molecule has 2 saturated heterocycles. The molecular formula is C30H41N3O5. The first kappa shape index (κ1) is 26.7. The second-order valence-corrected chi connectivity index (χ2v) is 11.7. The van der Waals surface area contributed by atoms with Crippen molar-refractivity contribution in [3.63, 3.8) is 0 Å². The average molecular weight is 524 g/mol. The zero-order valence-electron chi connectivity index (χ0n) is 22.9. The molecule has 1 saturated carbocycles. The molecule has 3 aliphatic heterocycles. The summed E-state index contributed by atoms with van der Waals surface area (Å²) in [7, 11) is 0. The van der Waals surface area contributed by atoms with Gasteiger partial charge in [0.1, 0.15) is 17.4 Å². The Morgan fingerprint density at radius 1 is 1.16 bits per heavy atom. The number of nitrogens with one attached hydrogen (secondary N) is 2. The minimum atomic E-state index is -1.12. The Hall–Kier alpha value is -2.87. The van der Waals surface area contributed by atoms with E-state index >= 15 is 0 Å². The smallest absolute Gasteiger partial charge is 0.246 e. The Bertz CT molecular complexity index is 1090. The lowest BCUT2D eigenvalue weighted by Gasteiger charge is -2.36. The standard InChI is InChI=1S/C30H41N3O5/c1-5-37-21-12-10-20(11-13-21)31-27(34)24-23-14-16-30(38-23)25(24)29(36)33(17-15-18(2)3)26(30)28(35)32-22-9-7-6-8-19(22)4/h10-14,16,18-19,22-26H,5-9,15,17H2,1-4H3,(H,31,34)(H,32,35)/t19-,22+,23+,24-,25+,26+,30+/m1/s1. The van der Waals surface area contributed by atoms with E-state index in [9.17, 15) is 14.4 Å². The van der Waals surface area contributed by atoms with E-state index in [0.29, 0.717) is 30.7 Å². The maximum atomic E-state index is 14.0. The van der Waals surface area contributed by atoms with Crippen molar-refractivity contribution in [3.05, 3.63) is 36.4 Å². The lowest BCUT2D eigenvalue weighted by atomic mass is 9.74. The Labute approximate surface area is 225 Å². The van der Waals surface area contributed by atoms with E-state index in [1.165, 1.54) is 6.42 Å². The number of anilines is 1. The highest BCUT2D eigenvalue weighted by molar-refractivity contribution is 6.02. The Morgan fingerprint density at radius 3 is 2.58 bits per heavy atom. The number of carbonyl (C=O) groups is 3. The predicted molar refractivity (Wildman–Crippen MR) is 144 cm³/mol. The van der Waals surface area contributed by atoms with Gasteiger partial charge in [-0.05, 0) is 62.3 Å². The molecule has 1 spiro atoms. The number of benzene rings is 1. The summed E-state index contributed by atoms with van der Waals surface area (Å²) in [5.74, 6) is -0.542. The lowest BCUT2D eigenvalue weighted by Crippen LogP contribution is -2.57. The van der Waals surface area contributed by atoms with Gasteiger partial charge in [0.15, 0.2) is 0 Å². The van der Waals surface area contributed by atoms with Crippen molar-refractivity contribution in [1.82, 2.24) is 10.2 Å². The van der Waals surface area contributed by atoms with Gasteiger partial charge in [-0.2, -0.15) is 0 Å². The first-order valence-corrected chi connectivity index (χ1v) is 14.3. The minimum absolute atomic E-state index is 0.0927. The fourth-order valence-electron chi connectivity index (χ4n) is 6.72. The number of carbonyl (C=O) groups excluding carboxylic acids is 3. The van der Waals surface area contributed by atoms with Crippen LogP contribution < -0.4 is 15.4 Å². The maximum absolute atomic E-state index is 14.0. The number of hydrogen-bond acceptors (Lipinski definition) is 5. The van der Waals surface area contributed by atoms with Crippen LogP contribution >= 0.6 is 0 Å². The molecule has 3 heterocycles. The Morgan fingerprint density at radius 2 is 1.89 bits per heavy atom. The molecular weight excluding hydrogens is 482 g/mol. The molecule has 206 valence electrons. The number of hydrogen-bond donors (Lipinski definition) is 2. The van der Waals surface area contributed by atoms with Gasteiger partial charge in [0.25, 0.3) is 0 Å². The highest BCUT2D eigenvalue weighted by atomic mass is 16.5. The van der Waals surface area contributed by atoms with E-state index in [0.717, 1.165) is 31.4 Å². The highest BCUT2D eigenvalue weighted by Gasteiger charge is 2.72. The zero-order valence-corrected chi connectivity index (χ0v) is 22.9. The normalized spacial score (nSPS) is 33.5. The van der Waals surface area contributed by atoms with Crippen molar-refractivity contribution in [1.29, 1.82) is 0 Å². The quantitative estimate of drug-likeness (QED) is 0.479. The Kier molecular flexibility index (Phi) is 7.54. The summed E-state index contributed by atoms with van der Waals surface area (Å²) in [6.07, 6.45) is 8.29. The van der Waals surface area contributed by atoms with Crippen LogP contribution in [0.3, 0.4) is 0 Å². The van der Waals surface area contributed by atoms with E-state index in [1.807, 2.05) is 19.1 Å². The fourth-order valence-corrected chi connectivity index (χ4v) is 6.72. The number of ether oxygens (including phenoxy) is 2. The van der Waals surface area contributed by atoms with Gasteiger partial charge >= 0.3 is 0 Å².